The maximum Gasteiger partial charge on any atom is 0.240 e. The summed E-state index contributed by atoms with van der Waals surface area (Å²) < 4.78 is 26.6. The minimum Gasteiger partial charge on any atom is -0.329 e. The Bertz CT molecular complexity index is 624. The van der Waals surface area contributed by atoms with Crippen LogP contribution in [0.4, 0.5) is 5.69 Å². The second-order valence-corrected chi connectivity index (χ2v) is 8.51. The summed E-state index contributed by atoms with van der Waals surface area (Å²) in [5, 5.41) is 2.63. The number of hydrogen-bond acceptors (Lipinski definition) is 5. The number of thioether (sulfide) groups is 1. The third-order valence-electron chi connectivity index (χ3n) is 3.06. The zero-order valence-electron chi connectivity index (χ0n) is 14.1. The van der Waals surface area contributed by atoms with Crippen LogP contribution in [-0.2, 0) is 14.8 Å². The van der Waals surface area contributed by atoms with E-state index >= 15 is 0 Å². The highest BCUT2D eigenvalue weighted by Crippen LogP contribution is 2.22. The monoisotopic (exact) mass is 395 g/mol. The van der Waals surface area contributed by atoms with Crippen LogP contribution in [0.25, 0.3) is 0 Å². The highest BCUT2D eigenvalue weighted by Gasteiger charge is 2.22. The second-order valence-electron chi connectivity index (χ2n) is 5.32. The van der Waals surface area contributed by atoms with Crippen molar-refractivity contribution in [3.63, 3.8) is 0 Å². The predicted molar refractivity (Wildman–Crippen MR) is 103 cm³/mol. The van der Waals surface area contributed by atoms with Gasteiger partial charge in [-0.25, -0.2) is 13.1 Å². The Hall–Kier alpha value is -0.800. The van der Waals surface area contributed by atoms with Crippen molar-refractivity contribution >= 4 is 45.8 Å². The first-order chi connectivity index (χ1) is 10.8. The van der Waals surface area contributed by atoms with Crippen LogP contribution in [0.1, 0.15) is 20.8 Å². The molecule has 0 saturated heterocycles. The molecule has 0 radical (unpaired) electrons. The Morgan fingerprint density at radius 2 is 2.00 bits per heavy atom. The third kappa shape index (κ3) is 6.98. The van der Waals surface area contributed by atoms with Gasteiger partial charge in [0.2, 0.25) is 15.9 Å². The Kier molecular flexibility index (Phi) is 10.6. The van der Waals surface area contributed by atoms with E-state index in [4.69, 9.17) is 5.73 Å². The van der Waals surface area contributed by atoms with Gasteiger partial charge in [0.15, 0.2) is 0 Å². The quantitative estimate of drug-likeness (QED) is 0.594. The zero-order chi connectivity index (χ0) is 17.5. The van der Waals surface area contributed by atoms with E-state index in [1.165, 1.54) is 12.1 Å². The van der Waals surface area contributed by atoms with E-state index in [9.17, 15) is 13.2 Å². The Morgan fingerprint density at radius 1 is 1.33 bits per heavy atom. The number of nitrogens with one attached hydrogen (secondary N) is 2. The SMILES string of the molecule is CCSC(C(=O)Nc1cccc(S(=O)(=O)NCCN)c1)C(C)C.Cl. The van der Waals surface area contributed by atoms with E-state index in [2.05, 4.69) is 10.0 Å². The van der Waals surface area contributed by atoms with Crippen molar-refractivity contribution in [1.29, 1.82) is 0 Å². The van der Waals surface area contributed by atoms with Crippen molar-refractivity contribution in [3.05, 3.63) is 24.3 Å². The lowest BCUT2D eigenvalue weighted by atomic mass is 10.1. The number of hydrogen-bond donors (Lipinski definition) is 3. The molecular weight excluding hydrogens is 370 g/mol. The van der Waals surface area contributed by atoms with Crippen molar-refractivity contribution in [2.45, 2.75) is 30.9 Å². The van der Waals surface area contributed by atoms with Crippen LogP contribution in [0.5, 0.6) is 0 Å². The standard InChI is InChI=1S/C15H25N3O3S2.ClH/c1-4-22-14(11(2)3)15(19)18-12-6-5-7-13(10-12)23(20,21)17-9-8-16;/h5-7,10-11,14,17H,4,8-9,16H2,1-3H3,(H,18,19);1H. The van der Waals surface area contributed by atoms with Gasteiger partial charge in [-0.05, 0) is 29.9 Å². The van der Waals surface area contributed by atoms with Crippen LogP contribution < -0.4 is 15.8 Å². The highest BCUT2D eigenvalue weighted by molar-refractivity contribution is 8.00. The number of rotatable bonds is 9. The minimum absolute atomic E-state index is 0. The van der Waals surface area contributed by atoms with Gasteiger partial charge < -0.3 is 11.1 Å². The molecule has 0 saturated carbocycles. The van der Waals surface area contributed by atoms with Crippen LogP contribution >= 0.6 is 24.2 Å². The lowest BCUT2D eigenvalue weighted by molar-refractivity contribution is -0.116. The lowest BCUT2D eigenvalue weighted by Crippen LogP contribution is -2.30. The highest BCUT2D eigenvalue weighted by atomic mass is 35.5. The van der Waals surface area contributed by atoms with Crippen LogP contribution in [-0.4, -0.2) is 38.4 Å². The third-order valence-corrected chi connectivity index (χ3v) is 5.97. The molecule has 0 aliphatic heterocycles. The van der Waals surface area contributed by atoms with E-state index in [0.29, 0.717) is 5.69 Å². The Labute approximate surface area is 154 Å². The van der Waals surface area contributed by atoms with Gasteiger partial charge in [0, 0.05) is 18.8 Å². The van der Waals surface area contributed by atoms with E-state index < -0.39 is 10.0 Å². The fraction of sp³-hybridized carbons (Fsp3) is 0.533. The predicted octanol–water partition coefficient (Wildman–Crippen LogP) is 2.06. The van der Waals surface area contributed by atoms with E-state index in [1.807, 2.05) is 20.8 Å². The number of nitrogens with two attached hydrogens (primary N) is 1. The summed E-state index contributed by atoms with van der Waals surface area (Å²) >= 11 is 1.58. The minimum atomic E-state index is -3.61. The van der Waals surface area contributed by atoms with Gasteiger partial charge in [0.05, 0.1) is 10.1 Å². The first kappa shape index (κ1) is 23.2. The fourth-order valence-electron chi connectivity index (χ4n) is 1.98. The zero-order valence-corrected chi connectivity index (χ0v) is 16.6. The number of anilines is 1. The average Bonchev–Trinajstić information content (AvgIpc) is 2.50. The van der Waals surface area contributed by atoms with Crippen LogP contribution in [0.2, 0.25) is 0 Å². The molecule has 1 unspecified atom stereocenters. The molecule has 6 nitrogen and oxygen atoms in total. The van der Waals surface area contributed by atoms with Crippen LogP contribution in [0.15, 0.2) is 29.2 Å². The molecule has 4 N–H and O–H groups in total. The largest absolute Gasteiger partial charge is 0.329 e. The van der Waals surface area contributed by atoms with Crippen molar-refractivity contribution < 1.29 is 13.2 Å². The summed E-state index contributed by atoms with van der Waals surface area (Å²) in [4.78, 5) is 12.5. The lowest BCUT2D eigenvalue weighted by Gasteiger charge is -2.19. The molecule has 0 spiro atoms. The molecule has 0 aromatic heterocycles. The molecular formula is C15H26ClN3O3S2. The van der Waals surface area contributed by atoms with E-state index in [0.717, 1.165) is 5.75 Å². The van der Waals surface area contributed by atoms with Gasteiger partial charge in [-0.15, -0.1) is 24.2 Å². The normalized spacial score (nSPS) is 12.5. The molecule has 1 rings (SSSR count). The topological polar surface area (TPSA) is 101 Å². The van der Waals surface area contributed by atoms with Gasteiger partial charge >= 0.3 is 0 Å². The van der Waals surface area contributed by atoms with Gasteiger partial charge in [0.25, 0.3) is 0 Å². The van der Waals surface area contributed by atoms with E-state index in [1.54, 1.807) is 23.9 Å². The number of sulfonamides is 1. The molecule has 138 valence electrons. The Morgan fingerprint density at radius 3 is 2.54 bits per heavy atom. The summed E-state index contributed by atoms with van der Waals surface area (Å²) in [6.45, 7) is 6.38. The average molecular weight is 396 g/mol. The van der Waals surface area contributed by atoms with Gasteiger partial charge in [0.1, 0.15) is 0 Å². The molecule has 0 fully saturated rings. The summed E-state index contributed by atoms with van der Waals surface area (Å²) in [6.07, 6.45) is 0. The van der Waals surface area contributed by atoms with E-state index in [-0.39, 0.29) is 47.5 Å². The van der Waals surface area contributed by atoms with Gasteiger partial charge in [-0.2, -0.15) is 0 Å². The smallest absolute Gasteiger partial charge is 0.240 e. The molecule has 0 aliphatic carbocycles. The first-order valence-corrected chi connectivity index (χ1v) is 10.1. The fourth-order valence-corrected chi connectivity index (χ4v) is 4.03. The van der Waals surface area contributed by atoms with Gasteiger partial charge in [-0.1, -0.05) is 26.8 Å². The number of amides is 1. The van der Waals surface area contributed by atoms with Crippen molar-refractivity contribution in [3.8, 4) is 0 Å². The van der Waals surface area contributed by atoms with Crippen LogP contribution in [0, 0.1) is 5.92 Å². The molecule has 1 aromatic rings. The maximum atomic E-state index is 12.4. The molecule has 0 bridgehead atoms. The summed E-state index contributed by atoms with van der Waals surface area (Å²) in [7, 11) is -3.61. The maximum absolute atomic E-state index is 12.4. The molecule has 9 heteroatoms. The number of halogens is 1. The number of carbonyl (C=O) groups is 1. The molecule has 0 heterocycles. The van der Waals surface area contributed by atoms with Crippen molar-refractivity contribution in [1.82, 2.24) is 4.72 Å². The summed E-state index contributed by atoms with van der Waals surface area (Å²) in [5.41, 5.74) is 5.78. The summed E-state index contributed by atoms with van der Waals surface area (Å²) in [5.74, 6) is 0.919. The molecule has 1 amide bonds. The molecule has 1 atom stereocenters. The Balaban J connectivity index is 0.00000529. The van der Waals surface area contributed by atoms with Gasteiger partial charge in [-0.3, -0.25) is 4.79 Å². The number of benzene rings is 1. The molecule has 1 aromatic carbocycles. The van der Waals surface area contributed by atoms with Crippen molar-refractivity contribution in [2.24, 2.45) is 11.7 Å². The molecule has 0 aliphatic rings. The number of carbonyl (C=O) groups excluding carboxylic acids is 1. The second kappa shape index (κ2) is 10.9. The van der Waals surface area contributed by atoms with Crippen molar-refractivity contribution in [2.75, 3.05) is 24.2 Å². The van der Waals surface area contributed by atoms with Crippen LogP contribution in [0.3, 0.4) is 0 Å². The molecule has 24 heavy (non-hydrogen) atoms. The first-order valence-electron chi connectivity index (χ1n) is 7.54. The summed E-state index contributed by atoms with van der Waals surface area (Å²) in [6, 6.07) is 6.21.